The summed E-state index contributed by atoms with van der Waals surface area (Å²) in [5.74, 6) is 0.283. The average Bonchev–Trinajstić information content (AvgIpc) is 2.86. The first-order chi connectivity index (χ1) is 12.4. The van der Waals surface area contributed by atoms with E-state index in [1.165, 1.54) is 11.1 Å². The second-order valence-corrected chi connectivity index (χ2v) is 8.38. The Morgan fingerprint density at radius 1 is 1.27 bits per heavy atom. The Morgan fingerprint density at radius 3 is 2.77 bits per heavy atom. The zero-order valence-corrected chi connectivity index (χ0v) is 16.3. The summed E-state index contributed by atoms with van der Waals surface area (Å²) < 4.78 is 0. The summed E-state index contributed by atoms with van der Waals surface area (Å²) in [5.41, 5.74) is 1.83. The number of oxime groups is 1. The fourth-order valence-corrected chi connectivity index (χ4v) is 4.48. The summed E-state index contributed by atoms with van der Waals surface area (Å²) in [6.45, 7) is 3.69. The van der Waals surface area contributed by atoms with E-state index in [0.29, 0.717) is 6.61 Å². The van der Waals surface area contributed by atoms with E-state index in [-0.39, 0.29) is 11.3 Å². The van der Waals surface area contributed by atoms with Gasteiger partial charge >= 0.3 is 0 Å². The van der Waals surface area contributed by atoms with Crippen LogP contribution < -0.4 is 0 Å². The Hall–Kier alpha value is -1.65. The van der Waals surface area contributed by atoms with Gasteiger partial charge in [-0.1, -0.05) is 54.1 Å². The van der Waals surface area contributed by atoms with Gasteiger partial charge in [-0.05, 0) is 51.8 Å². The third-order valence-corrected chi connectivity index (χ3v) is 6.35. The van der Waals surface area contributed by atoms with Crippen LogP contribution in [0.5, 0.6) is 0 Å². The van der Waals surface area contributed by atoms with Crippen LogP contribution in [0.1, 0.15) is 44.6 Å². The van der Waals surface area contributed by atoms with Crippen molar-refractivity contribution in [3.8, 4) is 0 Å². The van der Waals surface area contributed by atoms with E-state index >= 15 is 0 Å². The summed E-state index contributed by atoms with van der Waals surface area (Å²) in [7, 11) is 4.04. The number of benzene rings is 1. The molecule has 1 N–H and O–H groups in total. The van der Waals surface area contributed by atoms with Gasteiger partial charge in [0.1, 0.15) is 6.61 Å². The summed E-state index contributed by atoms with van der Waals surface area (Å²) in [6.07, 6.45) is 8.82. The van der Waals surface area contributed by atoms with Gasteiger partial charge in [-0.3, -0.25) is 0 Å². The van der Waals surface area contributed by atoms with Crippen molar-refractivity contribution >= 4 is 12.3 Å². The third-order valence-electron chi connectivity index (χ3n) is 6.35. The van der Waals surface area contributed by atoms with E-state index < -0.39 is 5.60 Å². The molecule has 4 nitrogen and oxygen atoms in total. The van der Waals surface area contributed by atoms with Crippen LogP contribution >= 0.6 is 0 Å². The Bertz CT molecular complexity index is 655. The molecule has 26 heavy (non-hydrogen) atoms. The maximum Gasteiger partial charge on any atom is 0.129 e. The highest BCUT2D eigenvalue weighted by molar-refractivity contribution is 5.63. The molecule has 0 bridgehead atoms. The molecular formula is C22H32N2O2. The van der Waals surface area contributed by atoms with Crippen LogP contribution in [0.15, 0.2) is 41.1 Å². The Kier molecular flexibility index (Phi) is 5.83. The van der Waals surface area contributed by atoms with Crippen molar-refractivity contribution < 1.29 is 9.94 Å². The summed E-state index contributed by atoms with van der Waals surface area (Å²) in [5, 5.41) is 15.6. The predicted octanol–water partition coefficient (Wildman–Crippen LogP) is 3.97. The Labute approximate surface area is 157 Å². The van der Waals surface area contributed by atoms with Crippen molar-refractivity contribution in [2.75, 3.05) is 27.2 Å². The van der Waals surface area contributed by atoms with Crippen LogP contribution in [0.25, 0.3) is 6.08 Å². The van der Waals surface area contributed by atoms with Crippen molar-refractivity contribution in [3.63, 3.8) is 0 Å². The number of fused-ring (bicyclic) bond motifs is 1. The number of hydrogen-bond acceptors (Lipinski definition) is 4. The molecule has 2 aliphatic rings. The van der Waals surface area contributed by atoms with Crippen LogP contribution in [-0.4, -0.2) is 49.1 Å². The van der Waals surface area contributed by atoms with E-state index in [1.54, 1.807) is 0 Å². The molecule has 0 spiro atoms. The van der Waals surface area contributed by atoms with Gasteiger partial charge in [-0.15, -0.1) is 0 Å². The SMILES string of the molecule is CN(C)CCO/N=C/[C@H]1CC[C@]2(O)C/C(=C/c3ccccc3)CC[C@]12C. The number of nitrogens with zero attached hydrogens (tertiary/aromatic N) is 2. The summed E-state index contributed by atoms with van der Waals surface area (Å²) in [6, 6.07) is 10.4. The molecule has 0 aromatic heterocycles. The molecule has 0 amide bonds. The smallest absolute Gasteiger partial charge is 0.129 e. The molecule has 1 aromatic carbocycles. The predicted molar refractivity (Wildman–Crippen MR) is 107 cm³/mol. The van der Waals surface area contributed by atoms with Crippen molar-refractivity contribution in [1.82, 2.24) is 4.90 Å². The number of rotatable bonds is 6. The van der Waals surface area contributed by atoms with E-state index in [4.69, 9.17) is 4.84 Å². The molecule has 1 aromatic rings. The lowest BCUT2D eigenvalue weighted by molar-refractivity contribution is -0.0754. The first-order valence-corrected chi connectivity index (χ1v) is 9.70. The lowest BCUT2D eigenvalue weighted by Gasteiger charge is -2.47. The van der Waals surface area contributed by atoms with Gasteiger partial charge in [-0.2, -0.15) is 0 Å². The highest BCUT2D eigenvalue weighted by Crippen LogP contribution is 2.58. The average molecular weight is 357 g/mol. The van der Waals surface area contributed by atoms with Gasteiger partial charge in [0.05, 0.1) is 5.60 Å². The monoisotopic (exact) mass is 356 g/mol. The van der Waals surface area contributed by atoms with Gasteiger partial charge in [0.15, 0.2) is 0 Å². The molecule has 3 rings (SSSR count). The first-order valence-electron chi connectivity index (χ1n) is 9.70. The van der Waals surface area contributed by atoms with E-state index in [9.17, 15) is 5.11 Å². The maximum absolute atomic E-state index is 11.4. The standard InChI is InChI=1S/C22H32N2O2/c1-21-11-9-19(15-18-7-5-4-6-8-18)16-22(21,25)12-10-20(21)17-23-26-14-13-24(2)3/h4-8,15,17,20,25H,9-14,16H2,1-3H3/b19-15+,23-17+/t20-,21-,22+/m1/s1. The second-order valence-electron chi connectivity index (χ2n) is 8.38. The molecule has 0 saturated heterocycles. The molecule has 0 unspecified atom stereocenters. The zero-order chi connectivity index (χ0) is 18.6. The van der Waals surface area contributed by atoms with Crippen molar-refractivity contribution in [1.29, 1.82) is 0 Å². The van der Waals surface area contributed by atoms with Gasteiger partial charge in [0, 0.05) is 24.1 Å². The summed E-state index contributed by atoms with van der Waals surface area (Å²) in [4.78, 5) is 7.48. The number of likely N-dealkylation sites (N-methyl/N-ethyl adjacent to an activating group) is 1. The lowest BCUT2D eigenvalue weighted by Crippen LogP contribution is -2.48. The van der Waals surface area contributed by atoms with Crippen LogP contribution in [0.3, 0.4) is 0 Å². The highest BCUT2D eigenvalue weighted by Gasteiger charge is 2.57. The molecule has 0 radical (unpaired) electrons. The minimum Gasteiger partial charge on any atom is -0.395 e. The minimum atomic E-state index is -0.633. The fourth-order valence-electron chi connectivity index (χ4n) is 4.48. The van der Waals surface area contributed by atoms with E-state index in [1.807, 2.05) is 26.4 Å². The van der Waals surface area contributed by atoms with Crippen LogP contribution in [0.4, 0.5) is 0 Å². The molecule has 3 atom stereocenters. The van der Waals surface area contributed by atoms with Crippen molar-refractivity contribution in [2.45, 2.75) is 44.6 Å². The van der Waals surface area contributed by atoms with Gasteiger partial charge in [0.2, 0.25) is 0 Å². The largest absolute Gasteiger partial charge is 0.395 e. The molecule has 142 valence electrons. The molecule has 2 aliphatic carbocycles. The third kappa shape index (κ3) is 4.02. The molecule has 0 aliphatic heterocycles. The van der Waals surface area contributed by atoms with Crippen LogP contribution in [-0.2, 0) is 4.84 Å². The lowest BCUT2D eigenvalue weighted by atomic mass is 9.61. The van der Waals surface area contributed by atoms with Crippen LogP contribution in [0.2, 0.25) is 0 Å². The molecular weight excluding hydrogens is 324 g/mol. The quantitative estimate of drug-likeness (QED) is 0.477. The molecule has 2 fully saturated rings. The Balaban J connectivity index is 1.64. The molecule has 4 heteroatoms. The van der Waals surface area contributed by atoms with Gasteiger partial charge in [0.25, 0.3) is 0 Å². The van der Waals surface area contributed by atoms with E-state index in [0.717, 1.165) is 38.6 Å². The van der Waals surface area contributed by atoms with Crippen LogP contribution in [0, 0.1) is 11.3 Å². The van der Waals surface area contributed by atoms with E-state index in [2.05, 4.69) is 47.3 Å². The number of hydrogen-bond donors (Lipinski definition) is 1. The highest BCUT2D eigenvalue weighted by atomic mass is 16.6. The zero-order valence-electron chi connectivity index (χ0n) is 16.3. The first kappa shape index (κ1) is 19.1. The molecule has 0 heterocycles. The second kappa shape index (κ2) is 7.93. The number of aliphatic hydroxyl groups is 1. The topological polar surface area (TPSA) is 45.1 Å². The molecule has 2 saturated carbocycles. The Morgan fingerprint density at radius 2 is 2.04 bits per heavy atom. The van der Waals surface area contributed by atoms with Crippen molar-refractivity contribution in [3.05, 3.63) is 41.5 Å². The maximum atomic E-state index is 11.4. The van der Waals surface area contributed by atoms with Gasteiger partial charge < -0.3 is 14.8 Å². The fraction of sp³-hybridized carbons (Fsp3) is 0.591. The normalized spacial score (nSPS) is 33.1. The van der Waals surface area contributed by atoms with Gasteiger partial charge in [-0.25, -0.2) is 0 Å². The summed E-state index contributed by atoms with van der Waals surface area (Å²) >= 11 is 0. The minimum absolute atomic E-state index is 0.116. The van der Waals surface area contributed by atoms with Crippen molar-refractivity contribution in [2.24, 2.45) is 16.5 Å².